The second-order valence-corrected chi connectivity index (χ2v) is 4.90. The van der Waals surface area contributed by atoms with Crippen molar-refractivity contribution in [2.24, 2.45) is 5.41 Å². The van der Waals surface area contributed by atoms with Crippen LogP contribution in [-0.2, 0) is 6.42 Å². The zero-order chi connectivity index (χ0) is 12.2. The molecule has 0 unspecified atom stereocenters. The van der Waals surface area contributed by atoms with Gasteiger partial charge < -0.3 is 0 Å². The van der Waals surface area contributed by atoms with Crippen molar-refractivity contribution >= 4 is 23.2 Å². The maximum atomic E-state index is 13.0. The van der Waals surface area contributed by atoms with Gasteiger partial charge in [0, 0.05) is 17.2 Å². The molecular formula is C13H17Cl2F. The van der Waals surface area contributed by atoms with E-state index in [0.29, 0.717) is 11.8 Å². The van der Waals surface area contributed by atoms with Gasteiger partial charge in [-0.05, 0) is 43.0 Å². The van der Waals surface area contributed by atoms with Gasteiger partial charge in [-0.2, -0.15) is 0 Å². The smallest absolute Gasteiger partial charge is 0.123 e. The van der Waals surface area contributed by atoms with Crippen LogP contribution in [0.4, 0.5) is 4.39 Å². The second-order valence-electron chi connectivity index (χ2n) is 4.37. The number of rotatable bonds is 5. The fraction of sp³-hybridized carbons (Fsp3) is 0.538. The first-order valence-electron chi connectivity index (χ1n) is 5.44. The van der Waals surface area contributed by atoms with Crippen LogP contribution in [0, 0.1) is 18.2 Å². The second kappa shape index (κ2) is 5.88. The molecule has 0 bridgehead atoms. The van der Waals surface area contributed by atoms with Gasteiger partial charge in [0.25, 0.3) is 0 Å². The fourth-order valence-corrected chi connectivity index (χ4v) is 2.56. The maximum Gasteiger partial charge on any atom is 0.123 e. The number of halogens is 3. The predicted octanol–water partition coefficient (Wildman–Crippen LogP) is 4.55. The lowest BCUT2D eigenvalue weighted by Gasteiger charge is -2.28. The average Bonchev–Trinajstić information content (AvgIpc) is 2.29. The van der Waals surface area contributed by atoms with E-state index in [2.05, 4.69) is 6.92 Å². The molecule has 0 N–H and O–H groups in total. The number of hydrogen-bond acceptors (Lipinski definition) is 0. The Morgan fingerprint density at radius 2 is 1.88 bits per heavy atom. The monoisotopic (exact) mass is 262 g/mol. The third-order valence-corrected chi connectivity index (χ3v) is 4.32. The van der Waals surface area contributed by atoms with Crippen molar-refractivity contribution in [3.8, 4) is 0 Å². The van der Waals surface area contributed by atoms with Gasteiger partial charge in [-0.3, -0.25) is 0 Å². The summed E-state index contributed by atoms with van der Waals surface area (Å²) in [6.45, 7) is 4.00. The molecule has 16 heavy (non-hydrogen) atoms. The molecule has 0 saturated heterocycles. The minimum atomic E-state index is -0.194. The highest BCUT2D eigenvalue weighted by Gasteiger charge is 2.27. The van der Waals surface area contributed by atoms with Crippen molar-refractivity contribution in [2.75, 3.05) is 11.8 Å². The molecular weight excluding hydrogens is 246 g/mol. The first-order valence-corrected chi connectivity index (χ1v) is 6.51. The van der Waals surface area contributed by atoms with E-state index in [1.807, 2.05) is 13.0 Å². The molecule has 0 amide bonds. The first kappa shape index (κ1) is 13.8. The lowest BCUT2D eigenvalue weighted by molar-refractivity contribution is 0.361. The van der Waals surface area contributed by atoms with Gasteiger partial charge in [-0.1, -0.05) is 13.0 Å². The van der Waals surface area contributed by atoms with E-state index in [9.17, 15) is 4.39 Å². The van der Waals surface area contributed by atoms with E-state index in [0.717, 1.165) is 24.0 Å². The van der Waals surface area contributed by atoms with Crippen LogP contribution in [0.5, 0.6) is 0 Å². The number of hydrogen-bond donors (Lipinski definition) is 0. The molecule has 1 rings (SSSR count). The molecule has 0 nitrogen and oxygen atoms in total. The van der Waals surface area contributed by atoms with E-state index >= 15 is 0 Å². The normalized spacial score (nSPS) is 11.8. The average molecular weight is 263 g/mol. The van der Waals surface area contributed by atoms with Crippen LogP contribution in [0.1, 0.15) is 24.5 Å². The van der Waals surface area contributed by atoms with E-state index in [4.69, 9.17) is 23.2 Å². The van der Waals surface area contributed by atoms with Crippen LogP contribution >= 0.6 is 23.2 Å². The van der Waals surface area contributed by atoms with Gasteiger partial charge in [0.05, 0.1) is 0 Å². The Kier molecular flexibility index (Phi) is 5.07. The largest absolute Gasteiger partial charge is 0.207 e. The van der Waals surface area contributed by atoms with Crippen molar-refractivity contribution in [1.29, 1.82) is 0 Å². The molecule has 0 fully saturated rings. The molecule has 0 aromatic heterocycles. The Morgan fingerprint density at radius 3 is 2.31 bits per heavy atom. The lowest BCUT2D eigenvalue weighted by Crippen LogP contribution is -2.27. The highest BCUT2D eigenvalue weighted by molar-refractivity contribution is 6.21. The topological polar surface area (TPSA) is 0 Å². The van der Waals surface area contributed by atoms with Crippen molar-refractivity contribution in [2.45, 2.75) is 26.7 Å². The molecule has 3 heteroatoms. The van der Waals surface area contributed by atoms with E-state index in [1.54, 1.807) is 6.07 Å². The third kappa shape index (κ3) is 3.11. The molecule has 1 aromatic carbocycles. The molecule has 1 aromatic rings. The number of aryl methyl sites for hydroxylation is 1. The molecule has 0 aliphatic rings. The highest BCUT2D eigenvalue weighted by atomic mass is 35.5. The molecule has 0 radical (unpaired) electrons. The molecule has 0 aliphatic heterocycles. The van der Waals surface area contributed by atoms with Crippen molar-refractivity contribution in [3.63, 3.8) is 0 Å². The zero-order valence-electron chi connectivity index (χ0n) is 9.69. The standard InChI is InChI=1S/C13H17Cl2F/c1-3-13(8-14,9-15)7-11-4-5-12(16)6-10(11)2/h4-6H,3,7-9H2,1-2H3. The van der Waals surface area contributed by atoms with Gasteiger partial charge in [-0.25, -0.2) is 4.39 Å². The van der Waals surface area contributed by atoms with Crippen LogP contribution in [0.25, 0.3) is 0 Å². The zero-order valence-corrected chi connectivity index (χ0v) is 11.2. The molecule has 0 atom stereocenters. The summed E-state index contributed by atoms with van der Waals surface area (Å²) in [5, 5.41) is 0. The van der Waals surface area contributed by atoms with Gasteiger partial charge in [0.2, 0.25) is 0 Å². The van der Waals surface area contributed by atoms with Gasteiger partial charge in [0.1, 0.15) is 5.82 Å². The lowest BCUT2D eigenvalue weighted by atomic mass is 9.82. The molecule has 0 spiro atoms. The van der Waals surface area contributed by atoms with E-state index < -0.39 is 0 Å². The van der Waals surface area contributed by atoms with Crippen LogP contribution in [-0.4, -0.2) is 11.8 Å². The van der Waals surface area contributed by atoms with E-state index in [1.165, 1.54) is 6.07 Å². The van der Waals surface area contributed by atoms with Crippen molar-refractivity contribution in [3.05, 3.63) is 35.1 Å². The summed E-state index contributed by atoms with van der Waals surface area (Å²) >= 11 is 12.0. The Balaban J connectivity index is 2.93. The van der Waals surface area contributed by atoms with Gasteiger partial charge >= 0.3 is 0 Å². The van der Waals surface area contributed by atoms with E-state index in [-0.39, 0.29) is 11.2 Å². The minimum Gasteiger partial charge on any atom is -0.207 e. The predicted molar refractivity (Wildman–Crippen MR) is 69.0 cm³/mol. The minimum absolute atomic E-state index is 0.0777. The summed E-state index contributed by atoms with van der Waals surface area (Å²) in [6, 6.07) is 4.87. The van der Waals surface area contributed by atoms with Crippen LogP contribution in [0.15, 0.2) is 18.2 Å². The highest BCUT2D eigenvalue weighted by Crippen LogP contribution is 2.31. The summed E-state index contributed by atoms with van der Waals surface area (Å²) < 4.78 is 13.0. The first-order chi connectivity index (χ1) is 7.56. The Morgan fingerprint density at radius 1 is 1.25 bits per heavy atom. The third-order valence-electron chi connectivity index (χ3n) is 3.19. The van der Waals surface area contributed by atoms with Gasteiger partial charge in [-0.15, -0.1) is 23.2 Å². The summed E-state index contributed by atoms with van der Waals surface area (Å²) in [7, 11) is 0. The maximum absolute atomic E-state index is 13.0. The Hall–Kier alpha value is -0.270. The molecule has 90 valence electrons. The van der Waals surface area contributed by atoms with Crippen LogP contribution in [0.2, 0.25) is 0 Å². The Bertz CT molecular complexity index is 338. The summed E-state index contributed by atoms with van der Waals surface area (Å²) in [4.78, 5) is 0. The SMILES string of the molecule is CCC(CCl)(CCl)Cc1ccc(F)cc1C. The van der Waals surface area contributed by atoms with Crippen LogP contribution in [0.3, 0.4) is 0 Å². The number of benzene rings is 1. The van der Waals surface area contributed by atoms with Crippen molar-refractivity contribution < 1.29 is 4.39 Å². The molecule has 0 saturated carbocycles. The summed E-state index contributed by atoms with van der Waals surface area (Å²) in [5.74, 6) is 0.869. The Labute approximate surface area is 107 Å². The summed E-state index contributed by atoms with van der Waals surface area (Å²) in [5.41, 5.74) is 2.02. The van der Waals surface area contributed by atoms with Gasteiger partial charge in [0.15, 0.2) is 0 Å². The number of alkyl halides is 2. The summed E-state index contributed by atoms with van der Waals surface area (Å²) in [6.07, 6.45) is 1.74. The van der Waals surface area contributed by atoms with Crippen LogP contribution < -0.4 is 0 Å². The molecule has 0 aliphatic carbocycles. The van der Waals surface area contributed by atoms with Crippen molar-refractivity contribution in [1.82, 2.24) is 0 Å². The fourth-order valence-electron chi connectivity index (χ4n) is 1.71. The quantitative estimate of drug-likeness (QED) is 0.683. The molecule has 0 heterocycles.